The lowest BCUT2D eigenvalue weighted by molar-refractivity contribution is -0.131. The Morgan fingerprint density at radius 2 is 2.24 bits per heavy atom. The van der Waals surface area contributed by atoms with Crippen LogP contribution < -0.4 is 10.1 Å². The summed E-state index contributed by atoms with van der Waals surface area (Å²) < 4.78 is 18.7. The number of hydrogen-bond acceptors (Lipinski definition) is 3. The Morgan fingerprint density at radius 1 is 1.52 bits per heavy atom. The maximum Gasteiger partial charge on any atom is 0.328 e. The molecule has 21 heavy (non-hydrogen) atoms. The van der Waals surface area contributed by atoms with Crippen LogP contribution >= 0.6 is 0 Å². The zero-order chi connectivity index (χ0) is 15.8. The second-order valence-electron chi connectivity index (χ2n) is 4.07. The number of amides is 1. The van der Waals surface area contributed by atoms with Crippen LogP contribution in [0.4, 0.5) is 4.39 Å². The summed E-state index contributed by atoms with van der Waals surface area (Å²) in [4.78, 5) is 22.0. The van der Waals surface area contributed by atoms with Crippen LogP contribution in [0.3, 0.4) is 0 Å². The van der Waals surface area contributed by atoms with Crippen molar-refractivity contribution in [2.45, 2.75) is 13.0 Å². The van der Waals surface area contributed by atoms with Crippen LogP contribution in [-0.4, -0.2) is 29.6 Å². The van der Waals surface area contributed by atoms with Gasteiger partial charge in [-0.25, -0.2) is 9.18 Å². The zero-order valence-corrected chi connectivity index (χ0v) is 11.3. The average Bonchev–Trinajstić information content (AvgIpc) is 2.41. The zero-order valence-electron chi connectivity index (χ0n) is 11.3. The Morgan fingerprint density at radius 3 is 2.86 bits per heavy atom. The summed E-state index contributed by atoms with van der Waals surface area (Å²) >= 11 is 0. The maximum atomic E-state index is 13.4. The van der Waals surface area contributed by atoms with Crippen LogP contribution in [0.15, 0.2) is 24.3 Å². The van der Waals surface area contributed by atoms with E-state index in [2.05, 4.69) is 11.2 Å². The predicted octanol–water partition coefficient (Wildman–Crippen LogP) is 1.44. The molecule has 0 aliphatic carbocycles. The summed E-state index contributed by atoms with van der Waals surface area (Å²) in [5, 5.41) is 11.0. The van der Waals surface area contributed by atoms with Crippen molar-refractivity contribution in [3.05, 3.63) is 35.7 Å². The van der Waals surface area contributed by atoms with Crippen LogP contribution in [0.5, 0.6) is 5.75 Å². The first kappa shape index (κ1) is 16.2. The van der Waals surface area contributed by atoms with E-state index in [1.807, 2.05) is 0 Å². The maximum absolute atomic E-state index is 13.4. The molecule has 1 unspecified atom stereocenters. The smallest absolute Gasteiger partial charge is 0.328 e. The van der Waals surface area contributed by atoms with E-state index >= 15 is 0 Å². The van der Waals surface area contributed by atoms with E-state index in [0.29, 0.717) is 5.56 Å². The number of ether oxygens (including phenoxy) is 1. The molecule has 1 aromatic rings. The van der Waals surface area contributed by atoms with Gasteiger partial charge in [-0.3, -0.25) is 4.79 Å². The molecule has 1 rings (SSSR count). The van der Waals surface area contributed by atoms with Crippen LogP contribution in [-0.2, 0) is 9.59 Å². The largest absolute Gasteiger partial charge is 0.481 e. The fourth-order valence-electron chi connectivity index (χ4n) is 1.46. The fraction of sp³-hybridized carbons (Fsp3) is 0.200. The van der Waals surface area contributed by atoms with Gasteiger partial charge in [0.1, 0.15) is 11.6 Å². The molecule has 6 heteroatoms. The van der Waals surface area contributed by atoms with E-state index in [1.54, 1.807) is 0 Å². The Balaban J connectivity index is 2.81. The number of carbonyl (C=O) groups excluding carboxylic acids is 1. The molecule has 5 nitrogen and oxygen atoms in total. The van der Waals surface area contributed by atoms with Crippen molar-refractivity contribution in [1.82, 2.24) is 5.32 Å². The molecule has 1 aromatic carbocycles. The van der Waals surface area contributed by atoms with Gasteiger partial charge in [-0.05, 0) is 30.7 Å². The van der Waals surface area contributed by atoms with Crippen molar-refractivity contribution in [3.8, 4) is 18.1 Å². The molecule has 1 amide bonds. The van der Waals surface area contributed by atoms with Gasteiger partial charge < -0.3 is 15.2 Å². The SMILES string of the molecule is C#CCNC(=O)C(C)Oc1cc(F)cc(/C=C/C(=O)O)c1. The first-order chi connectivity index (χ1) is 9.92. The first-order valence-electron chi connectivity index (χ1n) is 6.02. The van der Waals surface area contributed by atoms with E-state index in [1.165, 1.54) is 19.1 Å². The number of nitrogens with one attached hydrogen (secondary N) is 1. The quantitative estimate of drug-likeness (QED) is 0.614. The number of rotatable bonds is 6. The van der Waals surface area contributed by atoms with E-state index < -0.39 is 23.8 Å². The first-order valence-corrected chi connectivity index (χ1v) is 6.02. The molecule has 110 valence electrons. The molecule has 0 saturated carbocycles. The van der Waals surface area contributed by atoms with E-state index in [0.717, 1.165) is 18.2 Å². The number of halogens is 1. The Hall–Kier alpha value is -2.81. The van der Waals surface area contributed by atoms with Gasteiger partial charge in [0.2, 0.25) is 0 Å². The Kier molecular flexibility index (Phi) is 5.96. The summed E-state index contributed by atoms with van der Waals surface area (Å²) in [7, 11) is 0. The molecule has 0 radical (unpaired) electrons. The highest BCUT2D eigenvalue weighted by molar-refractivity contribution is 5.85. The second-order valence-corrected chi connectivity index (χ2v) is 4.07. The minimum Gasteiger partial charge on any atom is -0.481 e. The third-order valence-corrected chi connectivity index (χ3v) is 2.36. The predicted molar refractivity (Wildman–Crippen MR) is 75.0 cm³/mol. The van der Waals surface area contributed by atoms with Gasteiger partial charge in [-0.2, -0.15) is 0 Å². The van der Waals surface area contributed by atoms with Gasteiger partial charge in [0.05, 0.1) is 6.54 Å². The highest BCUT2D eigenvalue weighted by Crippen LogP contribution is 2.19. The lowest BCUT2D eigenvalue weighted by Crippen LogP contribution is -2.36. The molecule has 0 aliphatic heterocycles. The van der Waals surface area contributed by atoms with Gasteiger partial charge in [-0.1, -0.05) is 5.92 Å². The lowest BCUT2D eigenvalue weighted by Gasteiger charge is -2.14. The van der Waals surface area contributed by atoms with Crippen LogP contribution in [0.1, 0.15) is 12.5 Å². The van der Waals surface area contributed by atoms with E-state index in [4.69, 9.17) is 16.3 Å². The van der Waals surface area contributed by atoms with Gasteiger partial charge in [0.15, 0.2) is 6.10 Å². The second kappa shape index (κ2) is 7.70. The third kappa shape index (κ3) is 5.78. The summed E-state index contributed by atoms with van der Waals surface area (Å²) in [6.07, 6.45) is 6.25. The summed E-state index contributed by atoms with van der Waals surface area (Å²) in [6, 6.07) is 3.67. The highest BCUT2D eigenvalue weighted by atomic mass is 19.1. The van der Waals surface area contributed by atoms with Crippen LogP contribution in [0.25, 0.3) is 6.08 Å². The van der Waals surface area contributed by atoms with Crippen molar-refractivity contribution in [2.24, 2.45) is 0 Å². The van der Waals surface area contributed by atoms with Gasteiger partial charge in [-0.15, -0.1) is 6.42 Å². The molecule has 0 bridgehead atoms. The van der Waals surface area contributed by atoms with Crippen molar-refractivity contribution in [3.63, 3.8) is 0 Å². The molecular weight excluding hydrogens is 277 g/mol. The summed E-state index contributed by atoms with van der Waals surface area (Å²) in [5.74, 6) is 0.182. The molecule has 0 spiro atoms. The number of carboxylic acids is 1. The van der Waals surface area contributed by atoms with Crippen LogP contribution in [0.2, 0.25) is 0 Å². The molecule has 1 atom stereocenters. The number of carboxylic acid groups (broad SMARTS) is 1. The van der Waals surface area contributed by atoms with Crippen molar-refractivity contribution in [2.75, 3.05) is 6.54 Å². The fourth-order valence-corrected chi connectivity index (χ4v) is 1.46. The Labute approximate surface area is 121 Å². The molecule has 0 fully saturated rings. The summed E-state index contributed by atoms with van der Waals surface area (Å²) in [6.45, 7) is 1.56. The number of terminal acetylenes is 1. The van der Waals surface area contributed by atoms with Crippen molar-refractivity contribution in [1.29, 1.82) is 0 Å². The standard InChI is InChI=1S/C15H14FNO4/c1-3-6-17-15(20)10(2)21-13-8-11(4-5-14(18)19)7-12(16)9-13/h1,4-5,7-10H,6H2,2H3,(H,17,20)(H,18,19)/b5-4+. The molecule has 2 N–H and O–H groups in total. The van der Waals surface area contributed by atoms with Gasteiger partial charge in [0, 0.05) is 12.1 Å². The molecular formula is C15H14FNO4. The van der Waals surface area contributed by atoms with E-state index in [9.17, 15) is 14.0 Å². The number of carbonyl (C=O) groups is 2. The van der Waals surface area contributed by atoms with Crippen molar-refractivity contribution < 1.29 is 23.8 Å². The van der Waals surface area contributed by atoms with Gasteiger partial charge >= 0.3 is 5.97 Å². The van der Waals surface area contributed by atoms with Gasteiger partial charge in [0.25, 0.3) is 5.91 Å². The normalized spacial score (nSPS) is 11.7. The molecule has 0 aromatic heterocycles. The monoisotopic (exact) mass is 291 g/mol. The third-order valence-electron chi connectivity index (χ3n) is 2.36. The van der Waals surface area contributed by atoms with Crippen LogP contribution in [0, 0.1) is 18.2 Å². The minimum absolute atomic E-state index is 0.0717. The number of aliphatic carboxylic acids is 1. The number of hydrogen-bond donors (Lipinski definition) is 2. The molecule has 0 saturated heterocycles. The minimum atomic E-state index is -1.15. The van der Waals surface area contributed by atoms with E-state index in [-0.39, 0.29) is 12.3 Å². The number of benzene rings is 1. The lowest BCUT2D eigenvalue weighted by atomic mass is 10.2. The average molecular weight is 291 g/mol. The molecule has 0 aliphatic rings. The Bertz CT molecular complexity index is 604. The topological polar surface area (TPSA) is 75.6 Å². The molecule has 0 heterocycles. The highest BCUT2D eigenvalue weighted by Gasteiger charge is 2.14. The van der Waals surface area contributed by atoms with Crippen molar-refractivity contribution >= 4 is 18.0 Å². The summed E-state index contributed by atoms with van der Waals surface area (Å²) in [5.41, 5.74) is 0.309.